The van der Waals surface area contributed by atoms with Crippen molar-refractivity contribution in [3.05, 3.63) is 53.3 Å². The fourth-order valence-corrected chi connectivity index (χ4v) is 8.14. The summed E-state index contributed by atoms with van der Waals surface area (Å²) in [7, 11) is -1.97. The molecule has 11 heteroatoms. The monoisotopic (exact) mass is 539 g/mol. The third-order valence-electron chi connectivity index (χ3n) is 8.17. The Bertz CT molecular complexity index is 1450. The molecule has 0 bridgehead atoms. The predicted molar refractivity (Wildman–Crippen MR) is 138 cm³/mol. The number of hydrogen-bond acceptors (Lipinski definition) is 8. The predicted octanol–water partition coefficient (Wildman–Crippen LogP) is 4.70. The Balaban J connectivity index is 1.24. The standard InChI is InChI=1S/C27H31N4O6S/c1-31(26(32)19-11-5-6-12-20(19)27(31)33)23-15-14-22(36-23)25-28-24(29-37-25)21-13-7-8-16-30(21)38(34,35)17-18-9-3-2-4-10-18/h5-6,11-12,14-15,18,21H,2-4,7-10,13,16-17H2,1H3/q+1/t21-/m0/s1. The van der Waals surface area contributed by atoms with Crippen LogP contribution in [0.15, 0.2) is 45.3 Å². The van der Waals surface area contributed by atoms with Crippen molar-refractivity contribution in [2.24, 2.45) is 5.92 Å². The first-order valence-electron chi connectivity index (χ1n) is 13.3. The number of benzene rings is 1. The van der Waals surface area contributed by atoms with Crippen molar-refractivity contribution in [2.45, 2.75) is 57.4 Å². The van der Waals surface area contributed by atoms with Crippen LogP contribution in [-0.2, 0) is 10.0 Å². The third kappa shape index (κ3) is 4.13. The first-order valence-corrected chi connectivity index (χ1v) is 14.9. The van der Waals surface area contributed by atoms with Gasteiger partial charge in [0.25, 0.3) is 5.89 Å². The highest BCUT2D eigenvalue weighted by Crippen LogP contribution is 2.39. The molecule has 1 atom stereocenters. The Morgan fingerprint density at radius 1 is 0.947 bits per heavy atom. The minimum absolute atomic E-state index is 0.0738. The van der Waals surface area contributed by atoms with E-state index in [0.717, 1.165) is 38.5 Å². The van der Waals surface area contributed by atoms with Gasteiger partial charge in [-0.15, -0.1) is 4.48 Å². The van der Waals surface area contributed by atoms with Gasteiger partial charge in [-0.2, -0.15) is 9.29 Å². The van der Waals surface area contributed by atoms with E-state index in [1.54, 1.807) is 40.7 Å². The largest absolute Gasteiger partial charge is 0.406 e. The maximum atomic E-state index is 13.4. The van der Waals surface area contributed by atoms with Gasteiger partial charge in [-0.25, -0.2) is 18.0 Å². The lowest BCUT2D eigenvalue weighted by Gasteiger charge is -2.34. The summed E-state index contributed by atoms with van der Waals surface area (Å²) in [6.07, 6.45) is 7.55. The number of hydrogen-bond donors (Lipinski definition) is 0. The van der Waals surface area contributed by atoms with Crippen molar-refractivity contribution < 1.29 is 26.9 Å². The average molecular weight is 540 g/mol. The molecule has 6 rings (SSSR count). The SMILES string of the molecule is C[N+]1(c2ccc(-c3nc([C@@H]4CCCCN4S(=O)(=O)CC4CCCCC4)no3)o2)C(=O)c2ccccc2C1=O. The third-order valence-corrected chi connectivity index (χ3v) is 10.2. The molecule has 0 N–H and O–H groups in total. The summed E-state index contributed by atoms with van der Waals surface area (Å²) in [5.41, 5.74) is 0.703. The Labute approximate surface area is 221 Å². The lowest BCUT2D eigenvalue weighted by atomic mass is 9.91. The van der Waals surface area contributed by atoms with Crippen molar-refractivity contribution in [2.75, 3.05) is 19.3 Å². The number of fused-ring (bicyclic) bond motifs is 1. The van der Waals surface area contributed by atoms with Crippen molar-refractivity contribution in [1.82, 2.24) is 18.9 Å². The molecule has 0 unspecified atom stereocenters. The smallest absolute Gasteiger partial charge is 0.362 e. The number of sulfonamides is 1. The first-order chi connectivity index (χ1) is 18.3. The zero-order valence-electron chi connectivity index (χ0n) is 21.3. The van der Waals surface area contributed by atoms with Gasteiger partial charge < -0.3 is 8.94 Å². The number of quaternary nitrogens is 1. The maximum absolute atomic E-state index is 13.4. The summed E-state index contributed by atoms with van der Waals surface area (Å²) in [6, 6.07) is 9.34. The Hall–Kier alpha value is -3.15. The molecule has 2 fully saturated rings. The van der Waals surface area contributed by atoms with Crippen LogP contribution < -0.4 is 4.48 Å². The summed E-state index contributed by atoms with van der Waals surface area (Å²) in [6.45, 7) is 0.440. The average Bonchev–Trinajstić information content (AvgIpc) is 3.66. The van der Waals surface area contributed by atoms with E-state index in [1.807, 2.05) is 0 Å². The molecule has 1 aliphatic carbocycles. The van der Waals surface area contributed by atoms with Gasteiger partial charge in [0.15, 0.2) is 11.6 Å². The maximum Gasteiger partial charge on any atom is 0.362 e. The number of carbonyl (C=O) groups is 2. The summed E-state index contributed by atoms with van der Waals surface area (Å²) in [4.78, 5) is 30.8. The van der Waals surface area contributed by atoms with Gasteiger partial charge >= 0.3 is 17.7 Å². The minimum atomic E-state index is -3.48. The van der Waals surface area contributed by atoms with Crippen LogP contribution in [0.1, 0.15) is 83.9 Å². The lowest BCUT2D eigenvalue weighted by molar-refractivity contribution is 0.0675. The topological polar surface area (TPSA) is 124 Å². The summed E-state index contributed by atoms with van der Waals surface area (Å²) in [5.74, 6) is 0.331. The molecule has 3 aromatic rings. The molecule has 200 valence electrons. The van der Waals surface area contributed by atoms with Crippen molar-refractivity contribution >= 4 is 27.7 Å². The number of imide groups is 1. The number of amides is 2. The van der Waals surface area contributed by atoms with E-state index in [2.05, 4.69) is 10.1 Å². The Kier molecular flexibility index (Phi) is 6.32. The molecule has 1 saturated heterocycles. The van der Waals surface area contributed by atoms with Crippen molar-refractivity contribution in [1.29, 1.82) is 0 Å². The number of furan rings is 1. The van der Waals surface area contributed by atoms with Crippen LogP contribution in [0.3, 0.4) is 0 Å². The highest BCUT2D eigenvalue weighted by atomic mass is 32.2. The number of nitrogens with zero attached hydrogens (tertiary/aromatic N) is 4. The van der Waals surface area contributed by atoms with E-state index >= 15 is 0 Å². The number of piperidine rings is 1. The van der Waals surface area contributed by atoms with E-state index in [4.69, 9.17) is 8.94 Å². The number of carbonyl (C=O) groups excluding carboxylic acids is 2. The first kappa shape index (κ1) is 25.1. The fraction of sp³-hybridized carbons (Fsp3) is 0.481. The highest BCUT2D eigenvalue weighted by molar-refractivity contribution is 7.89. The van der Waals surface area contributed by atoms with Crippen LogP contribution >= 0.6 is 0 Å². The molecule has 0 radical (unpaired) electrons. The lowest BCUT2D eigenvalue weighted by Crippen LogP contribution is -2.50. The van der Waals surface area contributed by atoms with Gasteiger partial charge in [0.05, 0.1) is 30.0 Å². The van der Waals surface area contributed by atoms with Crippen LogP contribution in [0.5, 0.6) is 0 Å². The fourth-order valence-electron chi connectivity index (χ4n) is 6.03. The zero-order chi connectivity index (χ0) is 26.5. The molecule has 10 nitrogen and oxygen atoms in total. The molecule has 4 heterocycles. The van der Waals surface area contributed by atoms with E-state index in [-0.39, 0.29) is 41.0 Å². The van der Waals surface area contributed by atoms with Crippen LogP contribution in [0.2, 0.25) is 0 Å². The molecule has 2 aromatic heterocycles. The van der Waals surface area contributed by atoms with Crippen LogP contribution in [0.4, 0.5) is 5.88 Å². The second kappa shape index (κ2) is 9.55. The van der Waals surface area contributed by atoms with Crippen molar-refractivity contribution in [3.63, 3.8) is 0 Å². The molecule has 1 saturated carbocycles. The second-order valence-corrected chi connectivity index (χ2v) is 12.6. The molecule has 1 aromatic carbocycles. The van der Waals surface area contributed by atoms with Gasteiger partial charge in [-0.1, -0.05) is 43.0 Å². The van der Waals surface area contributed by atoms with Crippen LogP contribution in [0, 0.1) is 5.92 Å². The second-order valence-electron chi connectivity index (χ2n) is 10.7. The van der Waals surface area contributed by atoms with E-state index < -0.39 is 20.5 Å². The molecular formula is C27H31N4O6S+. The van der Waals surface area contributed by atoms with E-state index in [0.29, 0.717) is 29.9 Å². The highest BCUT2D eigenvalue weighted by Gasteiger charge is 2.54. The van der Waals surface area contributed by atoms with Gasteiger partial charge in [0.1, 0.15) is 0 Å². The molecule has 3 aliphatic rings. The Morgan fingerprint density at radius 2 is 1.63 bits per heavy atom. The normalized spacial score (nSPS) is 22.6. The molecule has 2 amide bonds. The van der Waals surface area contributed by atoms with Gasteiger partial charge in [0, 0.05) is 12.6 Å². The van der Waals surface area contributed by atoms with Gasteiger partial charge in [-0.05, 0) is 49.8 Å². The molecule has 0 spiro atoms. The molecule has 2 aliphatic heterocycles. The zero-order valence-corrected chi connectivity index (χ0v) is 22.2. The quantitative estimate of drug-likeness (QED) is 0.326. The summed E-state index contributed by atoms with van der Waals surface area (Å²) < 4.78 is 39.1. The van der Waals surface area contributed by atoms with Gasteiger partial charge in [0.2, 0.25) is 10.0 Å². The minimum Gasteiger partial charge on any atom is -0.406 e. The van der Waals surface area contributed by atoms with Crippen molar-refractivity contribution in [3.8, 4) is 11.7 Å². The molecular weight excluding hydrogens is 508 g/mol. The van der Waals surface area contributed by atoms with Crippen LogP contribution in [0.25, 0.3) is 11.7 Å². The van der Waals surface area contributed by atoms with Crippen LogP contribution in [-0.4, -0.2) is 54.0 Å². The van der Waals surface area contributed by atoms with E-state index in [9.17, 15) is 18.0 Å². The summed E-state index contributed by atoms with van der Waals surface area (Å²) >= 11 is 0. The number of rotatable bonds is 6. The molecule has 38 heavy (non-hydrogen) atoms. The van der Waals surface area contributed by atoms with Gasteiger partial charge in [-0.3, -0.25) is 0 Å². The van der Waals surface area contributed by atoms with E-state index in [1.165, 1.54) is 13.5 Å². The number of aromatic nitrogens is 2. The Morgan fingerprint density at radius 3 is 2.34 bits per heavy atom. The summed E-state index contributed by atoms with van der Waals surface area (Å²) in [5, 5.41) is 4.12.